The number of benzene rings is 3. The molecule has 0 amide bonds. The van der Waals surface area contributed by atoms with Crippen LogP contribution in [0, 0.1) is 0 Å². The number of halogens is 2. The molecule has 0 bridgehead atoms. The molecule has 0 spiro atoms. The fourth-order valence-corrected chi connectivity index (χ4v) is 5.39. The summed E-state index contributed by atoms with van der Waals surface area (Å²) in [7, 11) is 1.61. The summed E-state index contributed by atoms with van der Waals surface area (Å²) in [6.07, 6.45) is -1.03. The third kappa shape index (κ3) is 7.23. The van der Waals surface area contributed by atoms with Crippen LogP contribution < -0.4 is 0 Å². The van der Waals surface area contributed by atoms with E-state index in [-0.39, 0.29) is 10.7 Å². The van der Waals surface area contributed by atoms with Gasteiger partial charge in [-0.15, -0.1) is 11.8 Å². The molecule has 0 aliphatic carbocycles. The highest BCUT2D eigenvalue weighted by Gasteiger charge is 2.48. The molecule has 1 fully saturated rings. The minimum absolute atomic E-state index is 0.104. The number of carbonyl (C=O) groups excluding carboxylic acids is 1. The standard InChI is InChI=1S/C27H26Cl2O5S/c1-31-27-25(34-26(30)20-5-3-2-4-6-20)24(33-16-19-9-13-22(29)14-10-19)23(35-27)17-32-15-18-7-11-21(28)12-8-18/h2-14,23-25,27H,15-17H2,1H3/t23-,24-,25+,27?/m1/s1. The zero-order valence-corrected chi connectivity index (χ0v) is 21.5. The lowest BCUT2D eigenvalue weighted by Crippen LogP contribution is -2.40. The van der Waals surface area contributed by atoms with Crippen LogP contribution in [0.25, 0.3) is 0 Å². The summed E-state index contributed by atoms with van der Waals surface area (Å²) < 4.78 is 24.0. The van der Waals surface area contributed by atoms with Crippen molar-refractivity contribution in [2.75, 3.05) is 13.7 Å². The smallest absolute Gasteiger partial charge is 0.338 e. The van der Waals surface area contributed by atoms with Crippen molar-refractivity contribution in [3.63, 3.8) is 0 Å². The number of hydrogen-bond acceptors (Lipinski definition) is 6. The van der Waals surface area contributed by atoms with Gasteiger partial charge in [0.15, 0.2) is 6.10 Å². The van der Waals surface area contributed by atoms with Gasteiger partial charge in [0.25, 0.3) is 0 Å². The SMILES string of the molecule is COC1S[C@H](COCc2ccc(Cl)cc2)[C@@H](OCc2ccc(Cl)cc2)[C@@H]1OC(=O)c1ccccc1. The van der Waals surface area contributed by atoms with Gasteiger partial charge in [-0.2, -0.15) is 0 Å². The molecule has 1 unspecified atom stereocenters. The first kappa shape index (κ1) is 26.0. The molecule has 3 aromatic carbocycles. The Morgan fingerprint density at radius 1 is 0.829 bits per heavy atom. The predicted molar refractivity (Wildman–Crippen MR) is 139 cm³/mol. The van der Waals surface area contributed by atoms with Crippen molar-refractivity contribution in [3.05, 3.63) is 106 Å². The lowest BCUT2D eigenvalue weighted by molar-refractivity contribution is -0.0862. The molecule has 4 rings (SSSR count). The Labute approximate surface area is 219 Å². The third-order valence-corrected chi connectivity index (χ3v) is 7.56. The summed E-state index contributed by atoms with van der Waals surface area (Å²) in [5.74, 6) is -0.416. The van der Waals surface area contributed by atoms with Gasteiger partial charge in [0, 0.05) is 17.2 Å². The van der Waals surface area contributed by atoms with Crippen LogP contribution in [0.4, 0.5) is 0 Å². The zero-order chi connectivity index (χ0) is 24.6. The van der Waals surface area contributed by atoms with E-state index in [1.807, 2.05) is 54.6 Å². The highest BCUT2D eigenvalue weighted by atomic mass is 35.5. The number of hydrogen-bond donors (Lipinski definition) is 0. The maximum atomic E-state index is 12.9. The van der Waals surface area contributed by atoms with E-state index in [0.717, 1.165) is 11.1 Å². The number of rotatable bonds is 10. The second-order valence-corrected chi connectivity index (χ2v) is 10.3. The molecule has 0 N–H and O–H groups in total. The van der Waals surface area contributed by atoms with Crippen LogP contribution in [0.1, 0.15) is 21.5 Å². The van der Waals surface area contributed by atoms with Crippen LogP contribution in [-0.4, -0.2) is 42.6 Å². The van der Waals surface area contributed by atoms with Gasteiger partial charge in [0.2, 0.25) is 0 Å². The first-order valence-corrected chi connectivity index (χ1v) is 12.9. The van der Waals surface area contributed by atoms with Crippen molar-refractivity contribution in [2.45, 2.75) is 36.1 Å². The number of ether oxygens (including phenoxy) is 4. The van der Waals surface area contributed by atoms with Gasteiger partial charge in [-0.05, 0) is 47.5 Å². The molecular formula is C27H26Cl2O5S. The molecule has 0 saturated carbocycles. The van der Waals surface area contributed by atoms with E-state index in [2.05, 4.69) is 0 Å². The van der Waals surface area contributed by atoms with Gasteiger partial charge < -0.3 is 18.9 Å². The Morgan fingerprint density at radius 3 is 2.03 bits per heavy atom. The van der Waals surface area contributed by atoms with Gasteiger partial charge in [0.05, 0.1) is 30.6 Å². The first-order chi connectivity index (χ1) is 17.0. The van der Waals surface area contributed by atoms with Crippen molar-refractivity contribution in [2.24, 2.45) is 0 Å². The summed E-state index contributed by atoms with van der Waals surface area (Å²) in [6.45, 7) is 1.17. The Hall–Kier alpha value is -2.06. The largest absolute Gasteiger partial charge is 0.452 e. The maximum absolute atomic E-state index is 12.9. The van der Waals surface area contributed by atoms with Crippen molar-refractivity contribution in [1.82, 2.24) is 0 Å². The van der Waals surface area contributed by atoms with Crippen LogP contribution >= 0.6 is 35.0 Å². The van der Waals surface area contributed by atoms with E-state index in [0.29, 0.717) is 35.4 Å². The predicted octanol–water partition coefficient (Wildman–Crippen LogP) is 6.41. The summed E-state index contributed by atoms with van der Waals surface area (Å²) in [5.41, 5.74) is 2.08. The van der Waals surface area contributed by atoms with Crippen molar-refractivity contribution >= 4 is 40.9 Å². The van der Waals surface area contributed by atoms with Crippen LogP contribution in [0.3, 0.4) is 0 Å². The maximum Gasteiger partial charge on any atom is 0.338 e. The molecule has 5 nitrogen and oxygen atoms in total. The fraction of sp³-hybridized carbons (Fsp3) is 0.296. The number of methoxy groups -OCH3 is 1. The minimum Gasteiger partial charge on any atom is -0.452 e. The average Bonchev–Trinajstić information content (AvgIpc) is 3.21. The number of thioether (sulfide) groups is 1. The second kappa shape index (κ2) is 12.8. The van der Waals surface area contributed by atoms with Gasteiger partial charge >= 0.3 is 5.97 Å². The summed E-state index contributed by atoms with van der Waals surface area (Å²) in [6, 6.07) is 23.9. The van der Waals surface area contributed by atoms with E-state index >= 15 is 0 Å². The molecule has 1 aliphatic rings. The lowest BCUT2D eigenvalue weighted by Gasteiger charge is -2.25. The monoisotopic (exact) mass is 532 g/mol. The van der Waals surface area contributed by atoms with Crippen LogP contribution in [0.15, 0.2) is 78.9 Å². The van der Waals surface area contributed by atoms with E-state index in [1.165, 1.54) is 0 Å². The fourth-order valence-electron chi connectivity index (χ4n) is 3.75. The topological polar surface area (TPSA) is 54.0 Å². The highest BCUT2D eigenvalue weighted by molar-refractivity contribution is 8.00. The Balaban J connectivity index is 1.46. The highest BCUT2D eigenvalue weighted by Crippen LogP contribution is 2.39. The molecule has 35 heavy (non-hydrogen) atoms. The van der Waals surface area contributed by atoms with Crippen molar-refractivity contribution in [1.29, 1.82) is 0 Å². The van der Waals surface area contributed by atoms with E-state index in [9.17, 15) is 4.79 Å². The van der Waals surface area contributed by atoms with Crippen molar-refractivity contribution < 1.29 is 23.7 Å². The molecule has 1 heterocycles. The molecule has 0 aromatic heterocycles. The first-order valence-electron chi connectivity index (χ1n) is 11.2. The summed E-state index contributed by atoms with van der Waals surface area (Å²) in [5, 5.41) is 1.24. The lowest BCUT2D eigenvalue weighted by atomic mass is 10.1. The van der Waals surface area contributed by atoms with E-state index in [1.54, 1.807) is 43.1 Å². The Morgan fingerprint density at radius 2 is 1.43 bits per heavy atom. The molecule has 184 valence electrons. The molecule has 1 aliphatic heterocycles. The average molecular weight is 533 g/mol. The molecule has 8 heteroatoms. The van der Waals surface area contributed by atoms with E-state index in [4.69, 9.17) is 42.1 Å². The summed E-state index contributed by atoms with van der Waals surface area (Å²) >= 11 is 13.5. The zero-order valence-electron chi connectivity index (χ0n) is 19.1. The van der Waals surface area contributed by atoms with Crippen LogP contribution in [0.2, 0.25) is 10.0 Å². The number of esters is 1. The Kier molecular flexibility index (Phi) is 9.49. The quantitative estimate of drug-likeness (QED) is 0.281. The van der Waals surface area contributed by atoms with Crippen LogP contribution in [-0.2, 0) is 32.2 Å². The van der Waals surface area contributed by atoms with Gasteiger partial charge in [0.1, 0.15) is 11.5 Å². The van der Waals surface area contributed by atoms with Gasteiger partial charge in [-0.1, -0.05) is 65.7 Å². The number of carbonyl (C=O) groups is 1. The third-order valence-electron chi connectivity index (χ3n) is 5.57. The minimum atomic E-state index is -0.603. The molecule has 0 radical (unpaired) electrons. The molecule has 4 atom stereocenters. The van der Waals surface area contributed by atoms with Gasteiger partial charge in [-0.25, -0.2) is 4.79 Å². The summed E-state index contributed by atoms with van der Waals surface area (Å²) in [4.78, 5) is 12.9. The molecule has 3 aromatic rings. The molecule has 1 saturated heterocycles. The van der Waals surface area contributed by atoms with E-state index < -0.39 is 18.2 Å². The normalized spacial score (nSPS) is 21.7. The second-order valence-electron chi connectivity index (χ2n) is 8.06. The van der Waals surface area contributed by atoms with Gasteiger partial charge in [-0.3, -0.25) is 0 Å². The van der Waals surface area contributed by atoms with Crippen LogP contribution in [0.5, 0.6) is 0 Å². The molecular weight excluding hydrogens is 507 g/mol. The Bertz CT molecular complexity index is 1080. The van der Waals surface area contributed by atoms with Crippen molar-refractivity contribution in [3.8, 4) is 0 Å².